The molecule has 1 aromatic heterocycles. The molecule has 1 aliphatic rings. The third-order valence-electron chi connectivity index (χ3n) is 5.30. The first-order valence-corrected chi connectivity index (χ1v) is 12.7. The zero-order valence-electron chi connectivity index (χ0n) is 19.5. The van der Waals surface area contributed by atoms with E-state index < -0.39 is 10.0 Å². The van der Waals surface area contributed by atoms with E-state index in [4.69, 9.17) is 25.8 Å². The van der Waals surface area contributed by atoms with Crippen molar-refractivity contribution < 1.29 is 22.6 Å². The molecule has 0 saturated heterocycles. The van der Waals surface area contributed by atoms with Crippen molar-refractivity contribution >= 4 is 44.8 Å². The van der Waals surface area contributed by atoms with Crippen molar-refractivity contribution in [3.8, 4) is 17.2 Å². The maximum absolute atomic E-state index is 12.1. The summed E-state index contributed by atoms with van der Waals surface area (Å²) in [5.41, 5.74) is 2.13. The lowest BCUT2D eigenvalue weighted by Gasteiger charge is -2.15. The average Bonchev–Trinajstić information content (AvgIpc) is 3.71. The van der Waals surface area contributed by atoms with E-state index in [2.05, 4.69) is 25.3 Å². The molecule has 3 N–H and O–H groups in total. The second-order valence-electron chi connectivity index (χ2n) is 7.82. The Bertz CT molecular complexity index is 1290. The van der Waals surface area contributed by atoms with Gasteiger partial charge in [0, 0.05) is 30.1 Å². The SMILES string of the molecule is COc1cc(Nc2ncc(Cl)c(Nc3cccc(CNS(=O)(=O)C4CC4)c3)n2)cc(OC)c1OC. The summed E-state index contributed by atoms with van der Waals surface area (Å²) in [6.07, 6.45) is 2.91. The van der Waals surface area contributed by atoms with Crippen LogP contribution in [-0.4, -0.2) is 45.0 Å². The van der Waals surface area contributed by atoms with Gasteiger partial charge in [0.1, 0.15) is 5.02 Å². The topological polar surface area (TPSA) is 124 Å². The molecule has 0 amide bonds. The Hall–Kier alpha value is -3.28. The van der Waals surface area contributed by atoms with E-state index >= 15 is 0 Å². The Balaban J connectivity index is 1.50. The number of hydrogen-bond donors (Lipinski definition) is 3. The number of benzene rings is 2. The van der Waals surface area contributed by atoms with Gasteiger partial charge in [-0.15, -0.1) is 0 Å². The lowest BCUT2D eigenvalue weighted by molar-refractivity contribution is 0.324. The third kappa shape index (κ3) is 6.05. The molecule has 35 heavy (non-hydrogen) atoms. The van der Waals surface area contributed by atoms with Crippen molar-refractivity contribution in [1.82, 2.24) is 14.7 Å². The number of rotatable bonds is 11. The molecule has 0 spiro atoms. The smallest absolute Gasteiger partial charge is 0.229 e. The maximum Gasteiger partial charge on any atom is 0.229 e. The van der Waals surface area contributed by atoms with Crippen molar-refractivity contribution in [1.29, 1.82) is 0 Å². The molecule has 12 heteroatoms. The van der Waals surface area contributed by atoms with Crippen LogP contribution in [0.5, 0.6) is 17.2 Å². The number of methoxy groups -OCH3 is 3. The largest absolute Gasteiger partial charge is 0.493 e. The monoisotopic (exact) mass is 519 g/mol. The molecular weight excluding hydrogens is 494 g/mol. The molecule has 0 unspecified atom stereocenters. The first-order valence-electron chi connectivity index (χ1n) is 10.8. The highest BCUT2D eigenvalue weighted by Crippen LogP contribution is 2.40. The van der Waals surface area contributed by atoms with E-state index in [1.807, 2.05) is 24.3 Å². The van der Waals surface area contributed by atoms with Crippen LogP contribution in [0.1, 0.15) is 18.4 Å². The van der Waals surface area contributed by atoms with Crippen LogP contribution in [0.15, 0.2) is 42.6 Å². The minimum Gasteiger partial charge on any atom is -0.493 e. The number of anilines is 4. The van der Waals surface area contributed by atoms with Gasteiger partial charge < -0.3 is 24.8 Å². The maximum atomic E-state index is 12.1. The molecule has 0 aliphatic heterocycles. The van der Waals surface area contributed by atoms with Gasteiger partial charge in [0.15, 0.2) is 17.3 Å². The van der Waals surface area contributed by atoms with Crippen LogP contribution in [0.4, 0.5) is 23.1 Å². The molecular formula is C23H26ClN5O5S. The fourth-order valence-corrected chi connectivity index (χ4v) is 4.87. The minimum atomic E-state index is -3.26. The number of ether oxygens (including phenoxy) is 3. The molecule has 2 aromatic carbocycles. The number of sulfonamides is 1. The number of hydrogen-bond acceptors (Lipinski definition) is 9. The quantitative estimate of drug-likeness (QED) is 0.341. The van der Waals surface area contributed by atoms with Gasteiger partial charge in [-0.2, -0.15) is 4.98 Å². The Morgan fingerprint density at radius 1 is 1.00 bits per heavy atom. The Morgan fingerprint density at radius 3 is 2.34 bits per heavy atom. The minimum absolute atomic E-state index is 0.208. The number of halogens is 1. The highest BCUT2D eigenvalue weighted by atomic mass is 35.5. The van der Waals surface area contributed by atoms with Crippen LogP contribution in [-0.2, 0) is 16.6 Å². The summed E-state index contributed by atoms with van der Waals surface area (Å²) in [4.78, 5) is 8.72. The van der Waals surface area contributed by atoms with Crippen molar-refractivity contribution in [2.75, 3.05) is 32.0 Å². The van der Waals surface area contributed by atoms with Crippen LogP contribution in [0.2, 0.25) is 5.02 Å². The summed E-state index contributed by atoms with van der Waals surface area (Å²) >= 11 is 6.32. The van der Waals surface area contributed by atoms with Gasteiger partial charge in [0.25, 0.3) is 0 Å². The second kappa shape index (κ2) is 10.5. The molecule has 1 heterocycles. The predicted molar refractivity (Wildman–Crippen MR) is 135 cm³/mol. The van der Waals surface area contributed by atoms with Gasteiger partial charge in [0.2, 0.25) is 21.7 Å². The summed E-state index contributed by atoms with van der Waals surface area (Å²) in [5, 5.41) is 6.33. The zero-order valence-corrected chi connectivity index (χ0v) is 21.0. The van der Waals surface area contributed by atoms with Crippen LogP contribution in [0.3, 0.4) is 0 Å². The van der Waals surface area contributed by atoms with Gasteiger partial charge in [-0.05, 0) is 30.5 Å². The molecule has 0 radical (unpaired) electrons. The van der Waals surface area contributed by atoms with E-state index in [1.165, 1.54) is 27.5 Å². The molecule has 1 fully saturated rings. The second-order valence-corrected chi connectivity index (χ2v) is 10.3. The summed E-state index contributed by atoms with van der Waals surface area (Å²) < 4.78 is 43.0. The average molecular weight is 520 g/mol. The third-order valence-corrected chi connectivity index (χ3v) is 7.47. The molecule has 186 valence electrons. The predicted octanol–water partition coefficient (Wildman–Crippen LogP) is 4.22. The summed E-state index contributed by atoms with van der Waals surface area (Å²) in [6.45, 7) is 0.208. The van der Waals surface area contributed by atoms with Gasteiger partial charge >= 0.3 is 0 Å². The Labute approximate surface area is 209 Å². The van der Waals surface area contributed by atoms with Crippen LogP contribution >= 0.6 is 11.6 Å². The van der Waals surface area contributed by atoms with Crippen molar-refractivity contribution in [2.45, 2.75) is 24.6 Å². The molecule has 10 nitrogen and oxygen atoms in total. The fourth-order valence-electron chi connectivity index (χ4n) is 3.37. The normalized spacial score (nSPS) is 13.3. The Kier molecular flexibility index (Phi) is 7.48. The lowest BCUT2D eigenvalue weighted by Crippen LogP contribution is -2.26. The van der Waals surface area contributed by atoms with Crippen LogP contribution < -0.4 is 29.6 Å². The van der Waals surface area contributed by atoms with E-state index in [0.717, 1.165) is 18.4 Å². The van der Waals surface area contributed by atoms with Crippen molar-refractivity contribution in [3.63, 3.8) is 0 Å². The molecule has 0 atom stereocenters. The number of nitrogens with one attached hydrogen (secondary N) is 3. The standard InChI is InChI=1S/C23H26ClN5O5S/c1-32-19-10-16(11-20(33-2)21(19)34-3)28-23-25-13-18(24)22(29-23)27-15-6-4-5-14(9-15)12-26-35(30,31)17-7-8-17/h4-6,9-11,13,17,26H,7-8,12H2,1-3H3,(H2,25,27,28,29). The molecule has 1 saturated carbocycles. The van der Waals surface area contributed by atoms with Gasteiger partial charge in [-0.25, -0.2) is 18.1 Å². The van der Waals surface area contributed by atoms with Crippen LogP contribution in [0, 0.1) is 0 Å². The molecule has 1 aliphatic carbocycles. The highest BCUT2D eigenvalue weighted by Gasteiger charge is 2.35. The molecule has 3 aromatic rings. The van der Waals surface area contributed by atoms with Crippen LogP contribution in [0.25, 0.3) is 0 Å². The Morgan fingerprint density at radius 2 is 1.71 bits per heavy atom. The van der Waals surface area contributed by atoms with Crippen molar-refractivity contribution in [3.05, 3.63) is 53.2 Å². The van der Waals surface area contributed by atoms with E-state index in [-0.39, 0.29) is 11.8 Å². The summed E-state index contributed by atoms with van der Waals surface area (Å²) in [6, 6.07) is 10.8. The number of aromatic nitrogens is 2. The lowest BCUT2D eigenvalue weighted by atomic mass is 10.2. The highest BCUT2D eigenvalue weighted by molar-refractivity contribution is 7.90. The first-order chi connectivity index (χ1) is 16.8. The zero-order chi connectivity index (χ0) is 25.0. The van der Waals surface area contributed by atoms with Gasteiger partial charge in [0.05, 0.1) is 32.8 Å². The van der Waals surface area contributed by atoms with E-state index in [0.29, 0.717) is 45.4 Å². The van der Waals surface area contributed by atoms with Gasteiger partial charge in [-0.3, -0.25) is 0 Å². The fraction of sp³-hybridized carbons (Fsp3) is 0.304. The molecule has 0 bridgehead atoms. The van der Waals surface area contributed by atoms with Gasteiger partial charge in [-0.1, -0.05) is 23.7 Å². The summed E-state index contributed by atoms with van der Waals surface area (Å²) in [5.74, 6) is 2.11. The summed E-state index contributed by atoms with van der Waals surface area (Å²) in [7, 11) is 1.34. The number of nitrogens with zero attached hydrogens (tertiary/aromatic N) is 2. The van der Waals surface area contributed by atoms with E-state index in [9.17, 15) is 8.42 Å². The molecule has 4 rings (SSSR count). The first kappa shape index (κ1) is 24.8. The van der Waals surface area contributed by atoms with E-state index in [1.54, 1.807) is 12.1 Å². The van der Waals surface area contributed by atoms with Crippen molar-refractivity contribution in [2.24, 2.45) is 0 Å².